The van der Waals surface area contributed by atoms with Gasteiger partial charge in [-0.2, -0.15) is 5.26 Å². The van der Waals surface area contributed by atoms with Crippen molar-refractivity contribution in [3.8, 4) is 6.07 Å². The molecule has 0 N–H and O–H groups in total. The zero-order valence-electron chi connectivity index (χ0n) is 16.1. The molecule has 5 nitrogen and oxygen atoms in total. The first kappa shape index (κ1) is 20.1. The van der Waals surface area contributed by atoms with Crippen LogP contribution in [0.5, 0.6) is 0 Å². The summed E-state index contributed by atoms with van der Waals surface area (Å²) in [5.74, 6) is 0.580. The summed E-state index contributed by atoms with van der Waals surface area (Å²) in [7, 11) is 0. The van der Waals surface area contributed by atoms with Crippen LogP contribution in [0, 0.1) is 11.3 Å². The predicted octanol–water partition coefficient (Wildman–Crippen LogP) is 4.38. The van der Waals surface area contributed by atoms with Gasteiger partial charge in [-0.1, -0.05) is 42.1 Å². The van der Waals surface area contributed by atoms with E-state index in [9.17, 15) is 10.1 Å². The highest BCUT2D eigenvalue weighted by Gasteiger charge is 2.12. The van der Waals surface area contributed by atoms with Gasteiger partial charge in [0, 0.05) is 18.9 Å². The Morgan fingerprint density at radius 3 is 2.71 bits per heavy atom. The Hall–Kier alpha value is -2.62. The third-order valence-electron chi connectivity index (χ3n) is 4.30. The van der Waals surface area contributed by atoms with E-state index in [2.05, 4.69) is 6.07 Å². The van der Waals surface area contributed by atoms with Gasteiger partial charge in [0.1, 0.15) is 0 Å². The average Bonchev–Trinajstić information content (AvgIpc) is 2.71. The van der Waals surface area contributed by atoms with E-state index in [1.54, 1.807) is 10.6 Å². The van der Waals surface area contributed by atoms with Crippen molar-refractivity contribution in [3.63, 3.8) is 0 Å². The second-order valence-electron chi connectivity index (χ2n) is 6.70. The fourth-order valence-corrected chi connectivity index (χ4v) is 3.92. The molecule has 0 fully saturated rings. The van der Waals surface area contributed by atoms with Gasteiger partial charge in [0.2, 0.25) is 0 Å². The van der Waals surface area contributed by atoms with Gasteiger partial charge in [-0.05, 0) is 44.0 Å². The van der Waals surface area contributed by atoms with Crippen LogP contribution in [0.1, 0.15) is 31.4 Å². The zero-order chi connectivity index (χ0) is 19.9. The highest BCUT2D eigenvalue weighted by atomic mass is 32.2. The molecule has 0 bridgehead atoms. The molecule has 0 saturated heterocycles. The molecule has 28 heavy (non-hydrogen) atoms. The summed E-state index contributed by atoms with van der Waals surface area (Å²) in [6.07, 6.45) is 0.906. The van der Waals surface area contributed by atoms with E-state index in [1.807, 2.05) is 56.3 Å². The first-order valence-corrected chi connectivity index (χ1v) is 10.3. The van der Waals surface area contributed by atoms with Gasteiger partial charge in [0.15, 0.2) is 5.16 Å². The Kier molecular flexibility index (Phi) is 6.85. The highest BCUT2D eigenvalue weighted by Crippen LogP contribution is 2.24. The average molecular weight is 394 g/mol. The number of nitriles is 1. The second kappa shape index (κ2) is 9.54. The van der Waals surface area contributed by atoms with E-state index < -0.39 is 0 Å². The van der Waals surface area contributed by atoms with Gasteiger partial charge < -0.3 is 4.74 Å². The maximum atomic E-state index is 13.0. The summed E-state index contributed by atoms with van der Waals surface area (Å²) in [4.78, 5) is 17.8. The Morgan fingerprint density at radius 1 is 1.18 bits per heavy atom. The molecule has 144 valence electrons. The van der Waals surface area contributed by atoms with E-state index in [4.69, 9.17) is 9.72 Å². The summed E-state index contributed by atoms with van der Waals surface area (Å²) in [6, 6.07) is 17.1. The Morgan fingerprint density at radius 2 is 1.93 bits per heavy atom. The van der Waals surface area contributed by atoms with Gasteiger partial charge in [0.05, 0.1) is 28.6 Å². The third-order valence-corrected chi connectivity index (χ3v) is 5.32. The van der Waals surface area contributed by atoms with Crippen LogP contribution in [0.2, 0.25) is 0 Å². The van der Waals surface area contributed by atoms with Crippen LogP contribution < -0.4 is 5.56 Å². The Bertz CT molecular complexity index is 1050. The van der Waals surface area contributed by atoms with Crippen molar-refractivity contribution in [1.29, 1.82) is 5.26 Å². The normalized spacial score (nSPS) is 11.1. The highest BCUT2D eigenvalue weighted by molar-refractivity contribution is 7.98. The fraction of sp³-hybridized carbons (Fsp3) is 0.318. The number of nitrogens with zero attached hydrogens (tertiary/aromatic N) is 3. The van der Waals surface area contributed by atoms with Crippen LogP contribution in [0.3, 0.4) is 0 Å². The van der Waals surface area contributed by atoms with Gasteiger partial charge in [0.25, 0.3) is 5.56 Å². The van der Waals surface area contributed by atoms with Crippen LogP contribution in [0.25, 0.3) is 10.9 Å². The molecule has 0 radical (unpaired) electrons. The molecule has 2 aromatic carbocycles. The largest absolute Gasteiger partial charge is 0.379 e. The molecule has 3 rings (SSSR count). The van der Waals surface area contributed by atoms with Crippen molar-refractivity contribution in [2.75, 3.05) is 6.61 Å². The van der Waals surface area contributed by atoms with Crippen LogP contribution in [-0.4, -0.2) is 22.3 Å². The van der Waals surface area contributed by atoms with Gasteiger partial charge in [-0.3, -0.25) is 9.36 Å². The first-order chi connectivity index (χ1) is 13.6. The predicted molar refractivity (Wildman–Crippen MR) is 112 cm³/mol. The molecule has 0 aliphatic carbocycles. The maximum Gasteiger partial charge on any atom is 0.262 e. The molecule has 6 heteroatoms. The number of para-hydroxylation sites is 1. The second-order valence-corrected chi connectivity index (χ2v) is 7.64. The molecular weight excluding hydrogens is 370 g/mol. The lowest BCUT2D eigenvalue weighted by Gasteiger charge is -2.14. The van der Waals surface area contributed by atoms with Crippen LogP contribution in [0.15, 0.2) is 58.5 Å². The van der Waals surface area contributed by atoms with Gasteiger partial charge in [-0.25, -0.2) is 4.98 Å². The standard InChI is InChI=1S/C22H23N3O2S/c1-16(2)27-13-7-12-25-21(26)19-10-5-6-11-20(19)24-22(25)28-15-18-9-4-3-8-17(18)14-23/h3-6,8-11,16H,7,12-13,15H2,1-2H3. The molecule has 0 unspecified atom stereocenters. The van der Waals surface area contributed by atoms with E-state index >= 15 is 0 Å². The van der Waals surface area contributed by atoms with Crippen molar-refractivity contribution in [1.82, 2.24) is 9.55 Å². The van der Waals surface area contributed by atoms with Crippen molar-refractivity contribution in [3.05, 3.63) is 70.0 Å². The lowest BCUT2D eigenvalue weighted by Crippen LogP contribution is -2.24. The molecule has 0 saturated carbocycles. The van der Waals surface area contributed by atoms with Crippen molar-refractivity contribution >= 4 is 22.7 Å². The number of aromatic nitrogens is 2. The fourth-order valence-electron chi connectivity index (χ4n) is 2.89. The summed E-state index contributed by atoms with van der Waals surface area (Å²) in [6.45, 7) is 5.14. The Balaban J connectivity index is 1.89. The number of fused-ring (bicyclic) bond motifs is 1. The zero-order valence-corrected chi connectivity index (χ0v) is 16.9. The van der Waals surface area contributed by atoms with E-state index in [0.717, 1.165) is 12.0 Å². The lowest BCUT2D eigenvalue weighted by molar-refractivity contribution is 0.0743. The van der Waals surface area contributed by atoms with Gasteiger partial charge in [-0.15, -0.1) is 0 Å². The minimum absolute atomic E-state index is 0.0359. The molecule has 3 aromatic rings. The molecule has 1 heterocycles. The van der Waals surface area contributed by atoms with Crippen LogP contribution in [-0.2, 0) is 17.0 Å². The number of rotatable bonds is 8. The first-order valence-electron chi connectivity index (χ1n) is 9.32. The molecular formula is C22H23N3O2S. The Labute approximate surface area is 169 Å². The SMILES string of the molecule is CC(C)OCCCn1c(SCc2ccccc2C#N)nc2ccccc2c1=O. The molecule has 0 spiro atoms. The van der Waals surface area contributed by atoms with E-state index in [0.29, 0.717) is 40.5 Å². The van der Waals surface area contributed by atoms with Crippen molar-refractivity contribution in [2.24, 2.45) is 0 Å². The molecule has 0 atom stereocenters. The lowest BCUT2D eigenvalue weighted by atomic mass is 10.1. The van der Waals surface area contributed by atoms with Crippen molar-refractivity contribution < 1.29 is 4.74 Å². The topological polar surface area (TPSA) is 67.9 Å². The summed E-state index contributed by atoms with van der Waals surface area (Å²) in [5.41, 5.74) is 2.24. The van der Waals surface area contributed by atoms with Crippen LogP contribution >= 0.6 is 11.8 Å². The summed E-state index contributed by atoms with van der Waals surface area (Å²) >= 11 is 1.48. The molecule has 1 aromatic heterocycles. The minimum Gasteiger partial charge on any atom is -0.379 e. The van der Waals surface area contributed by atoms with E-state index in [1.165, 1.54) is 11.8 Å². The van der Waals surface area contributed by atoms with E-state index in [-0.39, 0.29) is 11.7 Å². The maximum absolute atomic E-state index is 13.0. The number of hydrogen-bond donors (Lipinski definition) is 0. The smallest absolute Gasteiger partial charge is 0.262 e. The number of ether oxygens (including phenoxy) is 1. The number of hydrogen-bond acceptors (Lipinski definition) is 5. The van der Waals surface area contributed by atoms with Gasteiger partial charge >= 0.3 is 0 Å². The summed E-state index contributed by atoms with van der Waals surface area (Å²) in [5, 5.41) is 10.6. The molecule has 0 aliphatic heterocycles. The molecule has 0 amide bonds. The number of thioether (sulfide) groups is 1. The third kappa shape index (κ3) is 4.80. The minimum atomic E-state index is -0.0359. The monoisotopic (exact) mass is 393 g/mol. The van der Waals surface area contributed by atoms with Crippen LogP contribution in [0.4, 0.5) is 0 Å². The number of benzene rings is 2. The quantitative estimate of drug-likeness (QED) is 0.323. The van der Waals surface area contributed by atoms with Crippen molar-refractivity contribution in [2.45, 2.75) is 43.8 Å². The molecule has 0 aliphatic rings. The summed E-state index contributed by atoms with van der Waals surface area (Å²) < 4.78 is 7.34.